The highest BCUT2D eigenvalue weighted by atomic mass is 35.5. The molecule has 0 saturated carbocycles. The molecule has 2 rings (SSSR count). The number of hydrogen-bond donors (Lipinski definition) is 2. The van der Waals surface area contributed by atoms with Crippen molar-refractivity contribution >= 4 is 29.2 Å². The number of esters is 2. The van der Waals surface area contributed by atoms with Gasteiger partial charge in [0.05, 0.1) is 10.7 Å². The molecule has 20 heavy (non-hydrogen) atoms. The van der Waals surface area contributed by atoms with E-state index in [2.05, 4.69) is 10.9 Å². The molecule has 1 saturated heterocycles. The zero-order valence-electron chi connectivity index (χ0n) is 10.9. The molecule has 0 radical (unpaired) electrons. The Kier molecular flexibility index (Phi) is 3.85. The first kappa shape index (κ1) is 14.2. The van der Waals surface area contributed by atoms with Gasteiger partial charge in [0.1, 0.15) is 0 Å². The number of cyclic esters (lactones) is 2. The molecule has 106 valence electrons. The van der Waals surface area contributed by atoms with E-state index < -0.39 is 17.7 Å². The van der Waals surface area contributed by atoms with Crippen molar-refractivity contribution in [3.05, 3.63) is 41.1 Å². The highest BCUT2D eigenvalue weighted by molar-refractivity contribution is 6.33. The maximum Gasteiger partial charge on any atom is 0.350 e. The van der Waals surface area contributed by atoms with Crippen molar-refractivity contribution in [3.8, 4) is 0 Å². The van der Waals surface area contributed by atoms with Crippen molar-refractivity contribution in [1.82, 2.24) is 5.43 Å². The lowest BCUT2D eigenvalue weighted by Crippen LogP contribution is -2.42. The summed E-state index contributed by atoms with van der Waals surface area (Å²) in [6, 6.07) is 7.00. The van der Waals surface area contributed by atoms with E-state index in [4.69, 9.17) is 21.1 Å². The van der Waals surface area contributed by atoms with Crippen molar-refractivity contribution in [2.45, 2.75) is 19.6 Å². The predicted molar refractivity (Wildman–Crippen MR) is 72.6 cm³/mol. The lowest BCUT2D eigenvalue weighted by atomic mass is 10.2. The van der Waals surface area contributed by atoms with Crippen LogP contribution in [0.3, 0.4) is 0 Å². The third-order valence-corrected chi connectivity index (χ3v) is 2.74. The molecule has 0 atom stereocenters. The van der Waals surface area contributed by atoms with Crippen molar-refractivity contribution in [1.29, 1.82) is 0 Å². The van der Waals surface area contributed by atoms with Gasteiger partial charge in [0.25, 0.3) is 5.79 Å². The quantitative estimate of drug-likeness (QED) is 0.384. The second kappa shape index (κ2) is 5.42. The summed E-state index contributed by atoms with van der Waals surface area (Å²) >= 11 is 5.93. The normalized spacial score (nSPS) is 17.1. The third-order valence-electron chi connectivity index (χ3n) is 2.41. The van der Waals surface area contributed by atoms with Crippen LogP contribution in [0.15, 0.2) is 36.0 Å². The Labute approximate surface area is 120 Å². The van der Waals surface area contributed by atoms with Gasteiger partial charge in [-0.3, -0.25) is 5.43 Å². The predicted octanol–water partition coefficient (Wildman–Crippen LogP) is 1.98. The number of hydrogen-bond acceptors (Lipinski definition) is 6. The number of nitrogens with one attached hydrogen (secondary N) is 2. The van der Waals surface area contributed by atoms with Gasteiger partial charge in [0, 0.05) is 20.0 Å². The van der Waals surface area contributed by atoms with Crippen LogP contribution in [0.25, 0.3) is 0 Å². The molecular weight excluding hydrogens is 284 g/mol. The highest BCUT2D eigenvalue weighted by Crippen LogP contribution is 2.22. The lowest BCUT2D eigenvalue weighted by molar-refractivity contribution is -0.222. The van der Waals surface area contributed by atoms with Crippen molar-refractivity contribution in [3.63, 3.8) is 0 Å². The topological polar surface area (TPSA) is 76.7 Å². The molecular formula is C13H13ClN2O4. The molecule has 1 heterocycles. The smallest absolute Gasteiger partial charge is 0.350 e. The van der Waals surface area contributed by atoms with Gasteiger partial charge < -0.3 is 14.9 Å². The maximum atomic E-state index is 11.6. The summed E-state index contributed by atoms with van der Waals surface area (Å²) in [5.74, 6) is -2.75. The Morgan fingerprint density at radius 3 is 2.35 bits per heavy atom. The number of para-hydroxylation sites is 1. The number of rotatable bonds is 3. The summed E-state index contributed by atoms with van der Waals surface area (Å²) in [6.45, 7) is 2.96. The molecule has 0 aliphatic carbocycles. The van der Waals surface area contributed by atoms with Gasteiger partial charge in [-0.15, -0.1) is 0 Å². The van der Waals surface area contributed by atoms with Crippen molar-refractivity contribution in [2.75, 3.05) is 5.43 Å². The summed E-state index contributed by atoms with van der Waals surface area (Å²) in [7, 11) is 0. The van der Waals surface area contributed by atoms with Crippen molar-refractivity contribution < 1.29 is 19.1 Å². The molecule has 0 unspecified atom stereocenters. The third kappa shape index (κ3) is 3.21. The summed E-state index contributed by atoms with van der Waals surface area (Å²) in [5.41, 5.74) is 5.72. The van der Waals surface area contributed by atoms with Crippen LogP contribution in [0.1, 0.15) is 13.8 Å². The molecule has 0 aromatic heterocycles. The molecule has 1 aromatic rings. The number of anilines is 1. The average Bonchev–Trinajstić information content (AvgIpc) is 2.33. The molecule has 0 bridgehead atoms. The van der Waals surface area contributed by atoms with E-state index in [-0.39, 0.29) is 5.57 Å². The first-order chi connectivity index (χ1) is 9.39. The standard InChI is InChI=1S/C13H13ClN2O4/c1-13(2)19-11(17)8(12(18)20-13)7-15-16-10-6-4-3-5-9(10)14/h3-7,15-16H,1-2H3. The van der Waals surface area contributed by atoms with Crippen LogP contribution in [0.5, 0.6) is 0 Å². The summed E-state index contributed by atoms with van der Waals surface area (Å²) in [5, 5.41) is 0.494. The van der Waals surface area contributed by atoms with Gasteiger partial charge in [-0.1, -0.05) is 23.7 Å². The minimum Gasteiger partial charge on any atom is -0.419 e. The van der Waals surface area contributed by atoms with Crippen LogP contribution in [0.2, 0.25) is 5.02 Å². The first-order valence-corrected chi connectivity index (χ1v) is 6.20. The van der Waals surface area contributed by atoms with Crippen LogP contribution in [-0.2, 0) is 19.1 Å². The van der Waals surface area contributed by atoms with Gasteiger partial charge in [-0.25, -0.2) is 9.59 Å². The largest absolute Gasteiger partial charge is 0.419 e. The maximum absolute atomic E-state index is 11.6. The minimum atomic E-state index is -1.25. The number of hydrazine groups is 1. The van der Waals surface area contributed by atoms with E-state index >= 15 is 0 Å². The molecule has 1 aliphatic heterocycles. The number of halogens is 1. The van der Waals surface area contributed by atoms with Crippen LogP contribution in [0.4, 0.5) is 5.69 Å². The molecule has 1 fully saturated rings. The van der Waals surface area contributed by atoms with Crippen LogP contribution in [0, 0.1) is 0 Å². The lowest BCUT2D eigenvalue weighted by Gasteiger charge is -2.29. The van der Waals surface area contributed by atoms with Gasteiger partial charge in [-0.05, 0) is 12.1 Å². The van der Waals surface area contributed by atoms with E-state index in [1.54, 1.807) is 24.3 Å². The second-order valence-corrected chi connectivity index (χ2v) is 4.89. The fourth-order valence-electron chi connectivity index (χ4n) is 1.53. The molecule has 0 amide bonds. The molecule has 1 aliphatic rings. The zero-order valence-corrected chi connectivity index (χ0v) is 11.7. The Morgan fingerprint density at radius 2 is 1.75 bits per heavy atom. The van der Waals surface area contributed by atoms with E-state index in [0.29, 0.717) is 10.7 Å². The fourth-order valence-corrected chi connectivity index (χ4v) is 1.71. The second-order valence-electron chi connectivity index (χ2n) is 4.49. The van der Waals surface area contributed by atoms with E-state index in [1.807, 2.05) is 0 Å². The number of ether oxygens (including phenoxy) is 2. The zero-order chi connectivity index (χ0) is 14.8. The van der Waals surface area contributed by atoms with Gasteiger partial charge in [-0.2, -0.15) is 0 Å². The van der Waals surface area contributed by atoms with Gasteiger partial charge in [0.2, 0.25) is 0 Å². The molecule has 2 N–H and O–H groups in total. The Balaban J connectivity index is 2.03. The minimum absolute atomic E-state index is 0.233. The Bertz CT molecular complexity index is 561. The van der Waals surface area contributed by atoms with Crippen LogP contribution < -0.4 is 10.9 Å². The van der Waals surface area contributed by atoms with Crippen molar-refractivity contribution in [2.24, 2.45) is 0 Å². The SMILES string of the molecule is CC1(C)OC(=O)C(=CNNc2ccccc2Cl)C(=O)O1. The fraction of sp³-hybridized carbons (Fsp3) is 0.231. The number of carbonyl (C=O) groups is 2. The Hall–Kier alpha value is -2.21. The van der Waals surface area contributed by atoms with Crippen LogP contribution in [-0.4, -0.2) is 17.7 Å². The number of benzene rings is 1. The van der Waals surface area contributed by atoms with Gasteiger partial charge in [0.15, 0.2) is 5.57 Å². The number of carbonyl (C=O) groups excluding carboxylic acids is 2. The summed E-state index contributed by atoms with van der Waals surface area (Å²) in [4.78, 5) is 23.3. The van der Waals surface area contributed by atoms with E-state index in [0.717, 1.165) is 0 Å². The first-order valence-electron chi connectivity index (χ1n) is 5.82. The van der Waals surface area contributed by atoms with E-state index in [1.165, 1.54) is 20.0 Å². The molecule has 7 heteroatoms. The molecule has 1 aromatic carbocycles. The average molecular weight is 297 g/mol. The summed E-state index contributed by atoms with van der Waals surface area (Å²) < 4.78 is 9.88. The Morgan fingerprint density at radius 1 is 1.15 bits per heavy atom. The van der Waals surface area contributed by atoms with Gasteiger partial charge >= 0.3 is 11.9 Å². The monoisotopic (exact) mass is 296 g/mol. The molecule has 6 nitrogen and oxygen atoms in total. The highest BCUT2D eigenvalue weighted by Gasteiger charge is 2.38. The summed E-state index contributed by atoms with van der Waals surface area (Å²) in [6.07, 6.45) is 1.17. The van der Waals surface area contributed by atoms with E-state index in [9.17, 15) is 9.59 Å². The molecule has 0 spiro atoms. The van der Waals surface area contributed by atoms with Crippen LogP contribution >= 0.6 is 11.6 Å².